The Morgan fingerprint density at radius 1 is 0.862 bits per heavy atom. The Hall–Kier alpha value is -1.26. The number of hydrogen-bond acceptors (Lipinski definition) is 1. The summed E-state index contributed by atoms with van der Waals surface area (Å²) in [7, 11) is 0. The van der Waals surface area contributed by atoms with Crippen LogP contribution in [0.5, 0.6) is 5.75 Å². The summed E-state index contributed by atoms with van der Waals surface area (Å²) < 4.78 is 62.1. The molecule has 2 aliphatic rings. The lowest BCUT2D eigenvalue weighted by molar-refractivity contribution is -0.0808. The van der Waals surface area contributed by atoms with Crippen LogP contribution in [0.3, 0.4) is 0 Å². The third-order valence-corrected chi connectivity index (χ3v) is 7.26. The Kier molecular flexibility index (Phi) is 7.50. The second-order valence-corrected chi connectivity index (χ2v) is 8.97. The maximum Gasteiger partial charge on any atom is 0.250 e. The number of ether oxygens (including phenoxy) is 1. The van der Waals surface area contributed by atoms with Crippen LogP contribution < -0.4 is 4.74 Å². The van der Waals surface area contributed by atoms with Gasteiger partial charge in [-0.2, -0.15) is 4.39 Å². The molecule has 0 heterocycles. The number of benzene rings is 1. The second-order valence-electron chi connectivity index (χ2n) is 8.97. The summed E-state index contributed by atoms with van der Waals surface area (Å²) in [5.74, 6) is -3.60. The van der Waals surface area contributed by atoms with Gasteiger partial charge < -0.3 is 4.74 Å². The molecule has 2 saturated carbocycles. The van der Waals surface area contributed by atoms with Crippen molar-refractivity contribution in [2.24, 2.45) is 17.8 Å². The number of alkyl halides is 2. The van der Waals surface area contributed by atoms with Crippen molar-refractivity contribution >= 4 is 0 Å². The zero-order valence-electron chi connectivity index (χ0n) is 17.7. The van der Waals surface area contributed by atoms with E-state index < -0.39 is 23.5 Å². The molecule has 5 heteroatoms. The van der Waals surface area contributed by atoms with Gasteiger partial charge in [0.25, 0.3) is 5.92 Å². The molecular weight excluding hydrogens is 380 g/mol. The molecule has 164 valence electrons. The van der Waals surface area contributed by atoms with Gasteiger partial charge in [0.05, 0.1) is 6.61 Å². The van der Waals surface area contributed by atoms with E-state index in [0.29, 0.717) is 36.8 Å². The summed E-state index contributed by atoms with van der Waals surface area (Å²) in [6.45, 7) is 3.86. The van der Waals surface area contributed by atoms with Crippen molar-refractivity contribution in [2.45, 2.75) is 89.9 Å². The molecule has 0 unspecified atom stereocenters. The molecule has 0 bridgehead atoms. The van der Waals surface area contributed by atoms with Gasteiger partial charge in [-0.25, -0.2) is 13.2 Å². The summed E-state index contributed by atoms with van der Waals surface area (Å²) in [5.41, 5.74) is 0.455. The number of rotatable bonds is 7. The van der Waals surface area contributed by atoms with Crippen LogP contribution in [0.25, 0.3) is 0 Å². The molecule has 0 amide bonds. The van der Waals surface area contributed by atoms with Crippen molar-refractivity contribution in [2.75, 3.05) is 6.61 Å². The van der Waals surface area contributed by atoms with Gasteiger partial charge in [-0.15, -0.1) is 0 Å². The molecule has 0 aliphatic heterocycles. The molecule has 1 aromatic rings. The largest absolute Gasteiger partial charge is 0.490 e. The Labute approximate surface area is 172 Å². The lowest BCUT2D eigenvalue weighted by atomic mass is 9.67. The Bertz CT molecular complexity index is 659. The minimum Gasteiger partial charge on any atom is -0.490 e. The standard InChI is InChI=1S/C24H34F4O/c1-3-15-29-21-14-13-20(22(25)23(21)26)18-7-5-16(6-8-18)17-9-11-19(12-10-17)24(27,28)4-2/h13-14,16-19H,3-12,15H2,1-2H3. The van der Waals surface area contributed by atoms with Gasteiger partial charge >= 0.3 is 0 Å². The molecule has 1 aromatic carbocycles. The smallest absolute Gasteiger partial charge is 0.250 e. The number of halogens is 4. The fraction of sp³-hybridized carbons (Fsp3) is 0.750. The van der Waals surface area contributed by atoms with Crippen molar-refractivity contribution in [3.63, 3.8) is 0 Å². The highest BCUT2D eigenvalue weighted by Gasteiger charge is 2.41. The maximum atomic E-state index is 14.6. The fourth-order valence-corrected chi connectivity index (χ4v) is 5.39. The molecule has 2 aliphatic carbocycles. The van der Waals surface area contributed by atoms with Gasteiger partial charge in [0.2, 0.25) is 5.82 Å². The molecule has 2 fully saturated rings. The molecule has 29 heavy (non-hydrogen) atoms. The highest BCUT2D eigenvalue weighted by molar-refractivity contribution is 5.33. The summed E-state index contributed by atoms with van der Waals surface area (Å²) in [6, 6.07) is 3.22. The van der Waals surface area contributed by atoms with Crippen LogP contribution in [0.1, 0.15) is 89.5 Å². The molecule has 0 spiro atoms. The minimum absolute atomic E-state index is 0.0116. The van der Waals surface area contributed by atoms with Crippen LogP contribution in [-0.2, 0) is 0 Å². The molecule has 0 aromatic heterocycles. The van der Waals surface area contributed by atoms with E-state index in [1.165, 1.54) is 0 Å². The van der Waals surface area contributed by atoms with Crippen LogP contribution in [0.4, 0.5) is 17.6 Å². The monoisotopic (exact) mass is 414 g/mol. The first kappa shape index (κ1) is 22.4. The number of hydrogen-bond donors (Lipinski definition) is 0. The van der Waals surface area contributed by atoms with Crippen molar-refractivity contribution in [3.05, 3.63) is 29.3 Å². The maximum absolute atomic E-state index is 14.6. The van der Waals surface area contributed by atoms with E-state index in [1.807, 2.05) is 6.92 Å². The van der Waals surface area contributed by atoms with Crippen LogP contribution in [0, 0.1) is 29.4 Å². The molecule has 3 rings (SSSR count). The van der Waals surface area contributed by atoms with Crippen molar-refractivity contribution in [3.8, 4) is 5.75 Å². The summed E-state index contributed by atoms with van der Waals surface area (Å²) in [5, 5.41) is 0. The average molecular weight is 415 g/mol. The van der Waals surface area contributed by atoms with E-state index >= 15 is 0 Å². The van der Waals surface area contributed by atoms with E-state index in [0.717, 1.165) is 44.9 Å². The first-order valence-corrected chi connectivity index (χ1v) is 11.4. The highest BCUT2D eigenvalue weighted by atomic mass is 19.3. The molecule has 0 radical (unpaired) electrons. The van der Waals surface area contributed by atoms with E-state index in [9.17, 15) is 17.6 Å². The highest BCUT2D eigenvalue weighted by Crippen LogP contribution is 2.47. The molecule has 0 atom stereocenters. The molecular formula is C24H34F4O. The Morgan fingerprint density at radius 3 is 2.00 bits per heavy atom. The third kappa shape index (κ3) is 5.08. The van der Waals surface area contributed by atoms with Crippen LogP contribution in [0.2, 0.25) is 0 Å². The van der Waals surface area contributed by atoms with Gasteiger partial charge in [-0.3, -0.25) is 0 Å². The average Bonchev–Trinajstić information content (AvgIpc) is 2.75. The van der Waals surface area contributed by atoms with Gasteiger partial charge in [0, 0.05) is 12.3 Å². The van der Waals surface area contributed by atoms with E-state index in [4.69, 9.17) is 4.74 Å². The van der Waals surface area contributed by atoms with Crippen molar-refractivity contribution in [1.29, 1.82) is 0 Å². The lowest BCUT2D eigenvalue weighted by Gasteiger charge is -2.39. The molecule has 1 nitrogen and oxygen atoms in total. The van der Waals surface area contributed by atoms with E-state index in [-0.39, 0.29) is 18.1 Å². The minimum atomic E-state index is -2.53. The zero-order chi connectivity index (χ0) is 21.0. The Balaban J connectivity index is 1.54. The normalized spacial score (nSPS) is 28.3. The van der Waals surface area contributed by atoms with Gasteiger partial charge in [-0.05, 0) is 87.2 Å². The van der Waals surface area contributed by atoms with Gasteiger partial charge in [0.15, 0.2) is 11.6 Å². The predicted molar refractivity (Wildman–Crippen MR) is 108 cm³/mol. The first-order chi connectivity index (χ1) is 13.9. The quantitative estimate of drug-likeness (QED) is 0.412. The predicted octanol–water partition coefficient (Wildman–Crippen LogP) is 7.88. The lowest BCUT2D eigenvalue weighted by Crippen LogP contribution is -2.33. The SMILES string of the molecule is CCCOc1ccc(C2CCC(C3CCC(C(F)(F)CC)CC3)CC2)c(F)c1F. The van der Waals surface area contributed by atoms with Gasteiger partial charge in [0.1, 0.15) is 0 Å². The van der Waals surface area contributed by atoms with Crippen molar-refractivity contribution in [1.82, 2.24) is 0 Å². The fourth-order valence-electron chi connectivity index (χ4n) is 5.39. The van der Waals surface area contributed by atoms with Crippen molar-refractivity contribution < 1.29 is 22.3 Å². The van der Waals surface area contributed by atoms with Crippen LogP contribution >= 0.6 is 0 Å². The summed E-state index contributed by atoms with van der Waals surface area (Å²) in [6.07, 6.45) is 7.27. The van der Waals surface area contributed by atoms with Gasteiger partial charge in [-0.1, -0.05) is 19.9 Å². The second kappa shape index (κ2) is 9.70. The Morgan fingerprint density at radius 2 is 1.45 bits per heavy atom. The summed E-state index contributed by atoms with van der Waals surface area (Å²) in [4.78, 5) is 0. The molecule has 0 N–H and O–H groups in total. The van der Waals surface area contributed by atoms with E-state index in [2.05, 4.69) is 0 Å². The summed E-state index contributed by atoms with van der Waals surface area (Å²) >= 11 is 0. The first-order valence-electron chi connectivity index (χ1n) is 11.4. The van der Waals surface area contributed by atoms with Crippen LogP contribution in [0.15, 0.2) is 12.1 Å². The van der Waals surface area contributed by atoms with E-state index in [1.54, 1.807) is 19.1 Å². The zero-order valence-corrected chi connectivity index (χ0v) is 17.7. The molecule has 0 saturated heterocycles. The third-order valence-electron chi connectivity index (χ3n) is 7.26. The van der Waals surface area contributed by atoms with Crippen LogP contribution in [-0.4, -0.2) is 12.5 Å². The topological polar surface area (TPSA) is 9.23 Å².